The third kappa shape index (κ3) is 2.93. The standard InChI is InChI=1S/C32H21NS/c1-3-9-22(10-4-1)24-15-16-25(23-11-5-2-6-12-23)30(21-24)33-29-14-8-7-13-26(29)27-17-18-31-28(32(27)33)19-20-34-31/h1-21H. The van der Waals surface area contributed by atoms with Gasteiger partial charge in [0.25, 0.3) is 0 Å². The Morgan fingerprint density at radius 3 is 2.06 bits per heavy atom. The second-order valence-corrected chi connectivity index (χ2v) is 9.56. The first-order valence-corrected chi connectivity index (χ1v) is 12.4. The van der Waals surface area contributed by atoms with Gasteiger partial charge < -0.3 is 4.57 Å². The first-order valence-electron chi connectivity index (χ1n) is 11.5. The third-order valence-electron chi connectivity index (χ3n) is 6.70. The van der Waals surface area contributed by atoms with Crippen molar-refractivity contribution in [1.82, 2.24) is 4.57 Å². The van der Waals surface area contributed by atoms with E-state index in [1.807, 2.05) is 0 Å². The molecule has 2 heteroatoms. The molecule has 1 nitrogen and oxygen atoms in total. The lowest BCUT2D eigenvalue weighted by Crippen LogP contribution is -1.98. The molecule has 2 aromatic heterocycles. The van der Waals surface area contributed by atoms with E-state index in [1.165, 1.54) is 59.8 Å². The Morgan fingerprint density at radius 2 is 1.24 bits per heavy atom. The lowest BCUT2D eigenvalue weighted by Gasteiger charge is -2.16. The highest BCUT2D eigenvalue weighted by atomic mass is 32.1. The van der Waals surface area contributed by atoms with Gasteiger partial charge in [0.1, 0.15) is 0 Å². The van der Waals surface area contributed by atoms with Gasteiger partial charge in [-0.3, -0.25) is 0 Å². The average Bonchev–Trinajstić information content (AvgIpc) is 3.52. The van der Waals surface area contributed by atoms with E-state index in [0.29, 0.717) is 0 Å². The summed E-state index contributed by atoms with van der Waals surface area (Å²) in [6, 6.07) is 43.9. The fourth-order valence-electron chi connectivity index (χ4n) is 5.14. The van der Waals surface area contributed by atoms with Crippen LogP contribution in [-0.2, 0) is 0 Å². The highest BCUT2D eigenvalue weighted by molar-refractivity contribution is 7.17. The van der Waals surface area contributed by atoms with Gasteiger partial charge in [-0.15, -0.1) is 11.3 Å². The van der Waals surface area contributed by atoms with Gasteiger partial charge in [0, 0.05) is 26.4 Å². The molecular weight excluding hydrogens is 430 g/mol. The number of thiophene rings is 1. The molecule has 0 aliphatic heterocycles. The quantitative estimate of drug-likeness (QED) is 0.252. The van der Waals surface area contributed by atoms with E-state index in [1.54, 1.807) is 11.3 Å². The van der Waals surface area contributed by atoms with E-state index < -0.39 is 0 Å². The average molecular weight is 452 g/mol. The van der Waals surface area contributed by atoms with E-state index >= 15 is 0 Å². The van der Waals surface area contributed by atoms with Crippen molar-refractivity contribution in [2.24, 2.45) is 0 Å². The maximum atomic E-state index is 2.48. The van der Waals surface area contributed by atoms with Crippen LogP contribution in [0.4, 0.5) is 0 Å². The lowest BCUT2D eigenvalue weighted by molar-refractivity contribution is 1.19. The zero-order valence-corrected chi connectivity index (χ0v) is 19.3. The topological polar surface area (TPSA) is 4.93 Å². The van der Waals surface area contributed by atoms with Crippen LogP contribution in [0.2, 0.25) is 0 Å². The first-order chi connectivity index (χ1) is 16.9. The molecule has 0 aliphatic carbocycles. The van der Waals surface area contributed by atoms with Crippen LogP contribution in [0, 0.1) is 0 Å². The molecule has 5 aromatic carbocycles. The van der Waals surface area contributed by atoms with Gasteiger partial charge in [-0.2, -0.15) is 0 Å². The molecule has 0 atom stereocenters. The lowest BCUT2D eigenvalue weighted by atomic mass is 9.98. The van der Waals surface area contributed by atoms with Crippen molar-refractivity contribution in [3.8, 4) is 27.9 Å². The van der Waals surface area contributed by atoms with Gasteiger partial charge in [-0.1, -0.05) is 97.1 Å². The number of para-hydroxylation sites is 1. The number of hydrogen-bond acceptors (Lipinski definition) is 1. The Balaban J connectivity index is 1.65. The molecule has 0 N–H and O–H groups in total. The molecule has 0 radical (unpaired) electrons. The van der Waals surface area contributed by atoms with Gasteiger partial charge in [0.15, 0.2) is 0 Å². The molecule has 0 saturated carbocycles. The molecule has 0 bridgehead atoms. The maximum absolute atomic E-state index is 2.48. The Labute approximate surface area is 202 Å². The van der Waals surface area contributed by atoms with Crippen LogP contribution >= 0.6 is 11.3 Å². The Morgan fingerprint density at radius 1 is 0.500 bits per heavy atom. The molecule has 0 amide bonds. The number of aromatic nitrogens is 1. The minimum Gasteiger partial charge on any atom is -0.308 e. The summed E-state index contributed by atoms with van der Waals surface area (Å²) in [6.07, 6.45) is 0. The summed E-state index contributed by atoms with van der Waals surface area (Å²) in [4.78, 5) is 0. The van der Waals surface area contributed by atoms with Crippen LogP contribution in [0.25, 0.3) is 59.8 Å². The van der Waals surface area contributed by atoms with Crippen LogP contribution in [0.5, 0.6) is 0 Å². The number of benzene rings is 5. The van der Waals surface area contributed by atoms with Gasteiger partial charge in [0.2, 0.25) is 0 Å². The van der Waals surface area contributed by atoms with Gasteiger partial charge >= 0.3 is 0 Å². The molecule has 7 aromatic rings. The Bertz CT molecular complexity index is 1790. The number of nitrogens with zero attached hydrogens (tertiary/aromatic N) is 1. The highest BCUT2D eigenvalue weighted by Crippen LogP contribution is 2.41. The van der Waals surface area contributed by atoms with Crippen LogP contribution in [0.15, 0.2) is 127 Å². The molecule has 160 valence electrons. The van der Waals surface area contributed by atoms with Crippen molar-refractivity contribution in [3.05, 3.63) is 127 Å². The molecule has 0 aliphatic rings. The summed E-state index contributed by atoms with van der Waals surface area (Å²) in [5.74, 6) is 0. The zero-order chi connectivity index (χ0) is 22.5. The Hall–Kier alpha value is -4.14. The van der Waals surface area contributed by atoms with E-state index in [4.69, 9.17) is 0 Å². The van der Waals surface area contributed by atoms with Crippen molar-refractivity contribution in [2.45, 2.75) is 0 Å². The fourth-order valence-corrected chi connectivity index (χ4v) is 5.93. The second-order valence-electron chi connectivity index (χ2n) is 8.61. The second kappa shape index (κ2) is 7.72. The van der Waals surface area contributed by atoms with E-state index in [0.717, 1.165) is 0 Å². The summed E-state index contributed by atoms with van der Waals surface area (Å²) >= 11 is 1.80. The normalized spacial score (nSPS) is 11.5. The van der Waals surface area contributed by atoms with Crippen molar-refractivity contribution >= 4 is 43.2 Å². The van der Waals surface area contributed by atoms with Crippen molar-refractivity contribution in [1.29, 1.82) is 0 Å². The van der Waals surface area contributed by atoms with Crippen molar-refractivity contribution in [3.63, 3.8) is 0 Å². The first kappa shape index (κ1) is 19.3. The van der Waals surface area contributed by atoms with Gasteiger partial charge in [-0.25, -0.2) is 0 Å². The minimum absolute atomic E-state index is 1.21. The predicted octanol–water partition coefficient (Wildman–Crippen LogP) is 9.33. The van der Waals surface area contributed by atoms with Crippen LogP contribution in [-0.4, -0.2) is 4.57 Å². The smallest absolute Gasteiger partial charge is 0.0628 e. The number of fused-ring (bicyclic) bond motifs is 5. The summed E-state index contributed by atoms with van der Waals surface area (Å²) < 4.78 is 3.80. The van der Waals surface area contributed by atoms with Crippen LogP contribution < -0.4 is 0 Å². The summed E-state index contributed by atoms with van der Waals surface area (Å²) in [5, 5.41) is 6.09. The SMILES string of the molecule is c1ccc(-c2ccc(-c3ccccc3)c(-n3c4ccccc4c4ccc5sccc5c43)c2)cc1. The molecule has 2 heterocycles. The molecule has 7 rings (SSSR count). The highest BCUT2D eigenvalue weighted by Gasteiger charge is 2.18. The third-order valence-corrected chi connectivity index (χ3v) is 7.58. The van der Waals surface area contributed by atoms with E-state index in [-0.39, 0.29) is 0 Å². The largest absolute Gasteiger partial charge is 0.308 e. The summed E-state index contributed by atoms with van der Waals surface area (Å²) in [6.45, 7) is 0. The maximum Gasteiger partial charge on any atom is 0.0628 e. The van der Waals surface area contributed by atoms with Gasteiger partial charge in [-0.05, 0) is 46.3 Å². The predicted molar refractivity (Wildman–Crippen MR) is 147 cm³/mol. The minimum atomic E-state index is 1.21. The molecule has 0 unspecified atom stereocenters. The monoisotopic (exact) mass is 451 g/mol. The molecule has 0 fully saturated rings. The van der Waals surface area contributed by atoms with Crippen molar-refractivity contribution in [2.75, 3.05) is 0 Å². The zero-order valence-electron chi connectivity index (χ0n) is 18.5. The number of rotatable bonds is 3. The van der Waals surface area contributed by atoms with Crippen molar-refractivity contribution < 1.29 is 0 Å². The molecule has 0 spiro atoms. The summed E-state index contributed by atoms with van der Waals surface area (Å²) in [5.41, 5.74) is 8.62. The summed E-state index contributed by atoms with van der Waals surface area (Å²) in [7, 11) is 0. The number of hydrogen-bond donors (Lipinski definition) is 0. The van der Waals surface area contributed by atoms with Crippen LogP contribution in [0.1, 0.15) is 0 Å². The molecular formula is C32H21NS. The molecule has 34 heavy (non-hydrogen) atoms. The molecule has 0 saturated heterocycles. The van der Waals surface area contributed by atoms with E-state index in [2.05, 4.69) is 131 Å². The van der Waals surface area contributed by atoms with Gasteiger partial charge in [0.05, 0.1) is 16.7 Å². The van der Waals surface area contributed by atoms with Crippen LogP contribution in [0.3, 0.4) is 0 Å². The fraction of sp³-hybridized carbons (Fsp3) is 0. The Kier molecular flexibility index (Phi) is 4.39. The van der Waals surface area contributed by atoms with E-state index in [9.17, 15) is 0 Å².